The maximum Gasteiger partial charge on any atom is 0.433 e. The van der Waals surface area contributed by atoms with E-state index in [2.05, 4.69) is 5.32 Å². The van der Waals surface area contributed by atoms with Crippen molar-refractivity contribution < 1.29 is 32.8 Å². The van der Waals surface area contributed by atoms with Crippen LogP contribution in [-0.2, 0) is 9.47 Å². The first-order chi connectivity index (χ1) is 16.8. The molecular formula is C21H22FN5O7S. The molecule has 0 radical (unpaired) electrons. The maximum absolute atomic E-state index is 15.0. The van der Waals surface area contributed by atoms with Crippen LogP contribution in [-0.4, -0.2) is 79.5 Å². The lowest BCUT2D eigenvalue weighted by molar-refractivity contribution is -0.402. The van der Waals surface area contributed by atoms with Crippen molar-refractivity contribution in [2.75, 3.05) is 56.2 Å². The van der Waals surface area contributed by atoms with E-state index in [1.54, 1.807) is 17.0 Å². The summed E-state index contributed by atoms with van der Waals surface area (Å²) in [7, 11) is 1.43. The molecule has 186 valence electrons. The van der Waals surface area contributed by atoms with Gasteiger partial charge in [0, 0.05) is 26.2 Å². The number of nitrogens with zero attached hydrogens (tertiary/aromatic N) is 4. The van der Waals surface area contributed by atoms with Crippen molar-refractivity contribution in [3.8, 4) is 0 Å². The highest BCUT2D eigenvalue weighted by atomic mass is 32.1. The Balaban J connectivity index is 1.35. The van der Waals surface area contributed by atoms with Crippen molar-refractivity contribution in [1.82, 2.24) is 10.2 Å². The van der Waals surface area contributed by atoms with E-state index in [-0.39, 0.29) is 37.1 Å². The highest BCUT2D eigenvalue weighted by Gasteiger charge is 2.33. The van der Waals surface area contributed by atoms with Crippen LogP contribution < -0.4 is 15.1 Å². The fourth-order valence-electron chi connectivity index (χ4n) is 3.88. The number of rotatable bonds is 6. The molecule has 14 heteroatoms. The number of ether oxygens (including phenoxy) is 2. The van der Waals surface area contributed by atoms with Crippen LogP contribution >= 0.6 is 12.2 Å². The first-order valence-electron chi connectivity index (χ1n) is 10.6. The minimum atomic E-state index is -0.712. The van der Waals surface area contributed by atoms with Crippen LogP contribution in [0.5, 0.6) is 0 Å². The van der Waals surface area contributed by atoms with Gasteiger partial charge in [0.25, 0.3) is 11.1 Å². The molecule has 1 aromatic carbocycles. The number of methoxy groups -OCH3 is 1. The van der Waals surface area contributed by atoms with E-state index in [1.165, 1.54) is 29.0 Å². The molecule has 2 aromatic rings. The number of nitrogens with one attached hydrogen (secondary N) is 1. The Labute approximate surface area is 204 Å². The fourth-order valence-corrected chi connectivity index (χ4v) is 3.96. The summed E-state index contributed by atoms with van der Waals surface area (Å²) >= 11 is 4.90. The summed E-state index contributed by atoms with van der Waals surface area (Å²) < 4.78 is 30.1. The van der Waals surface area contributed by atoms with Gasteiger partial charge in [0.15, 0.2) is 5.76 Å². The smallest absolute Gasteiger partial charge is 0.433 e. The Hall–Kier alpha value is -3.94. The SMILES string of the molecule is COC(=S)NC[C@H]1CN(c2ccc(N3CCN(C(=O)c4ccc([N+](=O)[O-])o4)CC3)c(F)c2)C(=O)O1. The highest BCUT2D eigenvalue weighted by molar-refractivity contribution is 7.80. The molecule has 2 fully saturated rings. The van der Waals surface area contributed by atoms with Gasteiger partial charge in [-0.15, -0.1) is 0 Å². The summed E-state index contributed by atoms with van der Waals surface area (Å²) in [6, 6.07) is 6.88. The van der Waals surface area contributed by atoms with Gasteiger partial charge in [-0.3, -0.25) is 19.8 Å². The number of cyclic esters (lactones) is 1. The van der Waals surface area contributed by atoms with E-state index in [0.29, 0.717) is 24.5 Å². The maximum atomic E-state index is 15.0. The normalized spacial score (nSPS) is 17.8. The highest BCUT2D eigenvalue weighted by Crippen LogP contribution is 2.29. The van der Waals surface area contributed by atoms with Crippen LogP contribution in [0.3, 0.4) is 0 Å². The molecule has 1 aromatic heterocycles. The Morgan fingerprint density at radius 1 is 1.29 bits per heavy atom. The van der Waals surface area contributed by atoms with Crippen molar-refractivity contribution in [2.24, 2.45) is 0 Å². The number of nitro groups is 1. The van der Waals surface area contributed by atoms with Crippen LogP contribution in [0.15, 0.2) is 34.7 Å². The molecule has 0 spiro atoms. The third-order valence-electron chi connectivity index (χ3n) is 5.67. The first-order valence-corrected chi connectivity index (χ1v) is 11.1. The lowest BCUT2D eigenvalue weighted by atomic mass is 10.2. The Morgan fingerprint density at radius 3 is 2.66 bits per heavy atom. The van der Waals surface area contributed by atoms with Crippen LogP contribution in [0.4, 0.5) is 26.4 Å². The minimum Gasteiger partial charge on any atom is -0.474 e. The lowest BCUT2D eigenvalue weighted by Crippen LogP contribution is -2.49. The standard InChI is InChI=1S/C21H22FN5O7S/c1-32-20(35)23-11-14-12-26(21(29)33-14)13-2-3-16(15(22)10-13)24-6-8-25(9-7-24)19(28)17-4-5-18(34-17)27(30)31/h2-5,10,14H,6-9,11-12H2,1H3,(H,23,35)/t14-/m0/s1. The topological polar surface area (TPSA) is 131 Å². The summed E-state index contributed by atoms with van der Waals surface area (Å²) in [5.74, 6) is -1.59. The molecular weight excluding hydrogens is 485 g/mol. The number of piperazine rings is 1. The monoisotopic (exact) mass is 507 g/mol. The van der Waals surface area contributed by atoms with Gasteiger partial charge in [0.1, 0.15) is 16.8 Å². The second-order valence-corrected chi connectivity index (χ2v) is 8.17. The number of carbonyl (C=O) groups excluding carboxylic acids is 2. The second kappa shape index (κ2) is 10.1. The molecule has 0 saturated carbocycles. The average Bonchev–Trinajstić information content (AvgIpc) is 3.49. The number of hydrogen-bond donors (Lipinski definition) is 1. The first kappa shape index (κ1) is 24.2. The molecule has 3 heterocycles. The van der Waals surface area contributed by atoms with Gasteiger partial charge in [-0.1, -0.05) is 0 Å². The molecule has 12 nitrogen and oxygen atoms in total. The van der Waals surface area contributed by atoms with Crippen molar-refractivity contribution in [3.05, 3.63) is 52.0 Å². The number of amides is 2. The van der Waals surface area contributed by atoms with Gasteiger partial charge in [0.05, 0.1) is 37.6 Å². The van der Waals surface area contributed by atoms with Gasteiger partial charge >= 0.3 is 12.0 Å². The molecule has 35 heavy (non-hydrogen) atoms. The predicted octanol–water partition coefficient (Wildman–Crippen LogP) is 2.14. The Kier molecular flexibility index (Phi) is 7.00. The van der Waals surface area contributed by atoms with Gasteiger partial charge in [-0.2, -0.15) is 0 Å². The van der Waals surface area contributed by atoms with E-state index in [4.69, 9.17) is 26.1 Å². The van der Waals surface area contributed by atoms with E-state index < -0.39 is 34.7 Å². The van der Waals surface area contributed by atoms with Crippen molar-refractivity contribution >= 4 is 46.7 Å². The summed E-state index contributed by atoms with van der Waals surface area (Å²) in [5.41, 5.74) is 0.701. The van der Waals surface area contributed by atoms with Gasteiger partial charge in [-0.25, -0.2) is 9.18 Å². The third kappa shape index (κ3) is 5.26. The molecule has 2 aliphatic rings. The van der Waals surface area contributed by atoms with Crippen LogP contribution in [0.1, 0.15) is 10.6 Å². The van der Waals surface area contributed by atoms with Crippen molar-refractivity contribution in [3.63, 3.8) is 0 Å². The van der Waals surface area contributed by atoms with Crippen LogP contribution in [0.25, 0.3) is 0 Å². The van der Waals surface area contributed by atoms with Crippen LogP contribution in [0.2, 0.25) is 0 Å². The van der Waals surface area contributed by atoms with Gasteiger partial charge in [-0.05, 0) is 36.5 Å². The molecule has 2 amide bonds. The number of carbonyl (C=O) groups is 2. The average molecular weight is 508 g/mol. The quantitative estimate of drug-likeness (QED) is 0.352. The molecule has 2 saturated heterocycles. The number of benzene rings is 1. The molecule has 0 unspecified atom stereocenters. The van der Waals surface area contributed by atoms with E-state index >= 15 is 0 Å². The Bertz CT molecular complexity index is 1150. The summed E-state index contributed by atoms with van der Waals surface area (Å²) in [4.78, 5) is 39.5. The molecule has 0 aliphatic carbocycles. The zero-order valence-electron chi connectivity index (χ0n) is 18.6. The summed E-state index contributed by atoms with van der Waals surface area (Å²) in [6.45, 7) is 1.76. The fraction of sp³-hybridized carbons (Fsp3) is 0.381. The van der Waals surface area contributed by atoms with Crippen molar-refractivity contribution in [1.29, 1.82) is 0 Å². The zero-order chi connectivity index (χ0) is 25.1. The summed E-state index contributed by atoms with van der Waals surface area (Å²) in [6.07, 6.45) is -1.06. The third-order valence-corrected chi connectivity index (χ3v) is 5.98. The van der Waals surface area contributed by atoms with E-state index in [1.807, 2.05) is 0 Å². The minimum absolute atomic E-state index is 0.115. The number of halogens is 1. The van der Waals surface area contributed by atoms with Gasteiger partial charge < -0.3 is 29.0 Å². The van der Waals surface area contributed by atoms with E-state index in [0.717, 1.165) is 6.07 Å². The number of anilines is 2. The van der Waals surface area contributed by atoms with Crippen LogP contribution in [0, 0.1) is 15.9 Å². The zero-order valence-corrected chi connectivity index (χ0v) is 19.5. The predicted molar refractivity (Wildman–Crippen MR) is 125 cm³/mol. The molecule has 1 N–H and O–H groups in total. The number of furan rings is 1. The second-order valence-electron chi connectivity index (χ2n) is 7.80. The van der Waals surface area contributed by atoms with E-state index in [9.17, 15) is 24.1 Å². The summed E-state index contributed by atoms with van der Waals surface area (Å²) in [5, 5.41) is 13.8. The molecule has 1 atom stereocenters. The molecule has 4 rings (SSSR count). The number of thiocarbonyl (C=S) groups is 1. The number of hydrogen-bond acceptors (Lipinski definition) is 9. The van der Waals surface area contributed by atoms with Crippen molar-refractivity contribution in [2.45, 2.75) is 6.10 Å². The molecule has 0 bridgehead atoms. The lowest BCUT2D eigenvalue weighted by Gasteiger charge is -2.36. The van der Waals surface area contributed by atoms with Gasteiger partial charge in [0.2, 0.25) is 0 Å². The Morgan fingerprint density at radius 2 is 2.03 bits per heavy atom. The molecule has 2 aliphatic heterocycles. The largest absolute Gasteiger partial charge is 0.474 e.